The normalized spacial score (nSPS) is 24.1. The van der Waals surface area contributed by atoms with Crippen molar-refractivity contribution in [2.45, 2.75) is 70.9 Å². The number of hydrogen-bond acceptors (Lipinski definition) is 9. The van der Waals surface area contributed by atoms with Gasteiger partial charge in [0.15, 0.2) is 5.82 Å². The number of fused-ring (bicyclic) bond motifs is 1. The van der Waals surface area contributed by atoms with Crippen LogP contribution in [-0.2, 0) is 29.4 Å². The summed E-state index contributed by atoms with van der Waals surface area (Å²) >= 11 is 0. The predicted molar refractivity (Wildman–Crippen MR) is 121 cm³/mol. The maximum absolute atomic E-state index is 12.7. The SMILES string of the molecule is CC(C)C(=O)OC[C@H]1O[C@](c2ccc3c(N)ncnn23)(C(C)[NH-])C[C@@H]1OC(=O)[C@@H](N)C(C)C.[Lr]. The first kappa shape index (κ1) is 26.5. The second-order valence-corrected chi connectivity index (χ2v) is 9.16. The fourth-order valence-corrected chi connectivity index (χ4v) is 3.85. The Morgan fingerprint density at radius 1 is 1.26 bits per heavy atom. The maximum atomic E-state index is 12.7. The van der Waals surface area contributed by atoms with Crippen LogP contribution in [0.25, 0.3) is 11.3 Å². The summed E-state index contributed by atoms with van der Waals surface area (Å²) in [6, 6.07) is 1.93. The summed E-state index contributed by atoms with van der Waals surface area (Å²) in [7, 11) is 0. The molecule has 1 aliphatic heterocycles. The van der Waals surface area contributed by atoms with Crippen molar-refractivity contribution < 1.29 is 23.8 Å². The van der Waals surface area contributed by atoms with E-state index < -0.39 is 41.8 Å². The van der Waals surface area contributed by atoms with Gasteiger partial charge in [0.2, 0.25) is 0 Å². The smallest absolute Gasteiger partial charge is 0.323 e. The van der Waals surface area contributed by atoms with Gasteiger partial charge in [-0.3, -0.25) is 9.59 Å². The van der Waals surface area contributed by atoms with Gasteiger partial charge in [-0.1, -0.05) is 34.6 Å². The van der Waals surface area contributed by atoms with E-state index in [4.69, 9.17) is 31.4 Å². The zero-order valence-corrected chi connectivity index (χ0v) is 22.1. The van der Waals surface area contributed by atoms with E-state index in [1.807, 2.05) is 13.8 Å². The molecule has 2 aromatic heterocycles. The summed E-state index contributed by atoms with van der Waals surface area (Å²) in [5.74, 6) is -1.12. The number of rotatable bonds is 8. The van der Waals surface area contributed by atoms with Crippen molar-refractivity contribution in [3.05, 3.63) is 29.9 Å². The fourth-order valence-electron chi connectivity index (χ4n) is 3.85. The van der Waals surface area contributed by atoms with E-state index in [0.717, 1.165) is 0 Å². The van der Waals surface area contributed by atoms with E-state index in [-0.39, 0.29) is 30.7 Å². The molecule has 1 radical (unpaired) electrons. The number of ether oxygens (including phenoxy) is 3. The molecule has 2 aromatic rings. The quantitative estimate of drug-likeness (QED) is 0.387. The van der Waals surface area contributed by atoms with Gasteiger partial charge >= 0.3 is 11.9 Å². The number of aromatic nitrogens is 3. The third kappa shape index (κ3) is 4.78. The first-order chi connectivity index (χ1) is 15.5. The zero-order chi connectivity index (χ0) is 24.5. The Bertz CT molecular complexity index is 1010. The Hall–Kier alpha value is -3.76. The third-order valence-corrected chi connectivity index (χ3v) is 6.01. The monoisotopic (exact) mass is 723 g/mol. The van der Waals surface area contributed by atoms with Gasteiger partial charge in [-0.25, -0.2) is 9.50 Å². The standard InChI is InChI=1S/C22H33N6O5.Lr/c1-11(2)18(24)21(30)32-15-8-22(13(5)23,33-16(15)9-31-20(29)12(3)4)17-7-6-14-19(25)26-10-27-28(14)17;/h6-7,10-13,15-16,18,23H,8-9,24H2,1-5H3,(H2,25,26,27);/q-1;/t13?,15-,16+,18-,22-;/m0./s1. The molecule has 11 nitrogen and oxygen atoms in total. The minimum Gasteiger partial charge on any atom is -0.672 e. The van der Waals surface area contributed by atoms with Crippen LogP contribution in [0, 0.1) is 11.8 Å². The van der Waals surface area contributed by atoms with E-state index in [1.165, 1.54) is 6.33 Å². The molecule has 1 aliphatic rings. The van der Waals surface area contributed by atoms with Gasteiger partial charge in [-0.05, 0) is 18.1 Å². The van der Waals surface area contributed by atoms with Gasteiger partial charge in [-0.15, -0.1) is 6.04 Å². The molecule has 0 bridgehead atoms. The summed E-state index contributed by atoms with van der Waals surface area (Å²) in [6.07, 6.45) is -0.0773. The van der Waals surface area contributed by atoms with Crippen LogP contribution in [0.2, 0.25) is 0 Å². The molecule has 0 spiro atoms. The topological polar surface area (TPSA) is 168 Å². The number of hydrogen-bond donors (Lipinski definition) is 2. The molecule has 12 heteroatoms. The molecule has 0 aliphatic carbocycles. The molecule has 0 saturated carbocycles. The van der Waals surface area contributed by atoms with Gasteiger partial charge < -0.3 is 31.4 Å². The second-order valence-electron chi connectivity index (χ2n) is 9.16. The summed E-state index contributed by atoms with van der Waals surface area (Å²) in [5.41, 5.74) is 20.5. The van der Waals surface area contributed by atoms with Crippen LogP contribution in [-0.4, -0.2) is 57.4 Å². The van der Waals surface area contributed by atoms with Gasteiger partial charge in [0.1, 0.15) is 36.7 Å². The van der Waals surface area contributed by atoms with Crippen LogP contribution in [0.15, 0.2) is 18.5 Å². The van der Waals surface area contributed by atoms with Crippen molar-refractivity contribution in [2.75, 3.05) is 12.3 Å². The van der Waals surface area contributed by atoms with Crippen LogP contribution >= 0.6 is 0 Å². The first-order valence-electron chi connectivity index (χ1n) is 11.1. The van der Waals surface area contributed by atoms with Gasteiger partial charge in [-0.2, -0.15) is 5.10 Å². The fraction of sp³-hybridized carbons (Fsp3) is 0.636. The van der Waals surface area contributed by atoms with Crippen LogP contribution in [0.3, 0.4) is 0 Å². The molecule has 0 aromatic carbocycles. The van der Waals surface area contributed by atoms with Crippen LogP contribution in [0.5, 0.6) is 0 Å². The third-order valence-electron chi connectivity index (χ3n) is 6.01. The average Bonchev–Trinajstić information content (AvgIpc) is 3.34. The molecule has 34 heavy (non-hydrogen) atoms. The number of anilines is 1. The van der Waals surface area contributed by atoms with Gasteiger partial charge in [0.25, 0.3) is 0 Å². The second kappa shape index (κ2) is 10.0. The number of carbonyl (C=O) groups excluding carboxylic acids is 2. The Labute approximate surface area is 192 Å². The number of nitrogens with two attached hydrogens (primary N) is 2. The molecular formula is C22H33LrN6O5-. The van der Waals surface area contributed by atoms with Gasteiger partial charge in [0, 0.05) is 6.42 Å². The van der Waals surface area contributed by atoms with Crippen molar-refractivity contribution in [1.29, 1.82) is 0 Å². The summed E-state index contributed by atoms with van der Waals surface area (Å²) in [5, 5.41) is 4.28. The molecule has 3 rings (SSSR count). The summed E-state index contributed by atoms with van der Waals surface area (Å²) in [4.78, 5) is 28.7. The molecule has 197 valence electrons. The summed E-state index contributed by atoms with van der Waals surface area (Å²) < 4.78 is 19.1. The Morgan fingerprint density at radius 2 is 1.94 bits per heavy atom. The zero-order valence-electron chi connectivity index (χ0n) is 19.9. The molecule has 3 heterocycles. The van der Waals surface area contributed by atoms with Crippen molar-refractivity contribution >= 4 is 23.3 Å². The van der Waals surface area contributed by atoms with Crippen LogP contribution < -0.4 is 11.5 Å². The molecule has 1 saturated heterocycles. The Morgan fingerprint density at radius 3 is 2.53 bits per heavy atom. The molecule has 1 unspecified atom stereocenters. The Balaban J connectivity index is 0.00000408. The molecule has 5 atom stereocenters. The van der Waals surface area contributed by atoms with Crippen molar-refractivity contribution in [2.24, 2.45) is 17.6 Å². The maximum Gasteiger partial charge on any atom is 0.323 e. The summed E-state index contributed by atoms with van der Waals surface area (Å²) in [6.45, 7) is 8.66. The number of nitrogens with zero attached hydrogens (tertiary/aromatic N) is 3. The van der Waals surface area contributed by atoms with E-state index >= 15 is 0 Å². The van der Waals surface area contributed by atoms with Crippen molar-refractivity contribution in [3.63, 3.8) is 0 Å². The van der Waals surface area contributed by atoms with Crippen LogP contribution in [0.1, 0.15) is 46.7 Å². The van der Waals surface area contributed by atoms with E-state index in [2.05, 4.69) is 10.1 Å². The average molecular weight is 724 g/mol. The largest absolute Gasteiger partial charge is 0.672 e. The number of nitrogen functional groups attached to an aromatic ring is 1. The van der Waals surface area contributed by atoms with Crippen LogP contribution in [0.4, 0.5) is 5.82 Å². The minimum atomic E-state index is -1.20. The molecule has 1 fully saturated rings. The van der Waals surface area contributed by atoms with Gasteiger partial charge in [0.05, 0.1) is 17.2 Å². The predicted octanol–water partition coefficient (Wildman–Crippen LogP) is 1.83. The number of esters is 2. The Kier molecular flexibility index (Phi) is 7.81. The first-order valence-corrected chi connectivity index (χ1v) is 11.1. The number of nitrogens with one attached hydrogen (secondary N) is 1. The van der Waals surface area contributed by atoms with E-state index in [0.29, 0.717) is 11.2 Å². The van der Waals surface area contributed by atoms with Crippen molar-refractivity contribution in [3.8, 4) is 0 Å². The molecule has 5 N–H and O–H groups in total. The number of carbonyl (C=O) groups is 2. The molecule has 0 amide bonds. The van der Waals surface area contributed by atoms with E-state index in [1.54, 1.807) is 37.4 Å². The molecular weight excluding hydrogens is 690 g/mol. The van der Waals surface area contributed by atoms with E-state index in [9.17, 15) is 9.59 Å². The van der Waals surface area contributed by atoms with Crippen molar-refractivity contribution in [1.82, 2.24) is 14.6 Å². The minimum absolute atomic E-state index is 0.